The number of carbonyl (C=O) groups is 3. The van der Waals surface area contributed by atoms with Crippen LogP contribution in [-0.2, 0) is 14.3 Å². The van der Waals surface area contributed by atoms with Crippen LogP contribution in [0.5, 0.6) is 0 Å². The Hall–Kier alpha value is -3.61. The van der Waals surface area contributed by atoms with Gasteiger partial charge < -0.3 is 20.3 Å². The summed E-state index contributed by atoms with van der Waals surface area (Å²) in [5, 5.41) is 5.28. The number of nitrogens with one attached hydrogen (secondary N) is 2. The number of alkyl carbamates (subject to hydrolysis) is 1. The normalized spacial score (nSPS) is 16.3. The van der Waals surface area contributed by atoms with Gasteiger partial charge in [-0.05, 0) is 31.0 Å². The van der Waals surface area contributed by atoms with Crippen molar-refractivity contribution in [3.05, 3.63) is 66.2 Å². The van der Waals surface area contributed by atoms with Crippen molar-refractivity contribution in [2.24, 2.45) is 0 Å². The smallest absolute Gasteiger partial charge is 0.408 e. The fourth-order valence-electron chi connectivity index (χ4n) is 3.35. The van der Waals surface area contributed by atoms with E-state index in [0.29, 0.717) is 12.1 Å². The molecule has 2 atom stereocenters. The molecule has 2 aromatic rings. The van der Waals surface area contributed by atoms with Gasteiger partial charge in [0.1, 0.15) is 6.04 Å². The SMILES string of the molecule is C/C=C/CNC(=O)O[C@@H](C)C(=O)N[C@@H]1C(=O)N(C)c2ccccc2-c2ccccc21. The Labute approximate surface area is 175 Å². The molecule has 1 aliphatic rings. The fraction of sp³-hybridized carbons (Fsp3) is 0.261. The molecule has 0 radical (unpaired) electrons. The number of rotatable bonds is 5. The molecule has 7 heteroatoms. The van der Waals surface area contributed by atoms with Crippen molar-refractivity contribution >= 4 is 23.6 Å². The number of amides is 3. The zero-order chi connectivity index (χ0) is 21.7. The van der Waals surface area contributed by atoms with Crippen molar-refractivity contribution in [3.63, 3.8) is 0 Å². The van der Waals surface area contributed by atoms with Crippen LogP contribution < -0.4 is 15.5 Å². The van der Waals surface area contributed by atoms with E-state index >= 15 is 0 Å². The van der Waals surface area contributed by atoms with E-state index in [1.807, 2.05) is 55.5 Å². The molecule has 1 aliphatic heterocycles. The molecule has 0 saturated heterocycles. The molecule has 1 heterocycles. The number of fused-ring (bicyclic) bond motifs is 3. The van der Waals surface area contributed by atoms with Gasteiger partial charge in [0.05, 0.1) is 5.69 Å². The van der Waals surface area contributed by atoms with Crippen molar-refractivity contribution in [3.8, 4) is 11.1 Å². The third kappa shape index (κ3) is 4.35. The average molecular weight is 407 g/mol. The third-order valence-electron chi connectivity index (χ3n) is 4.94. The Balaban J connectivity index is 1.83. The van der Waals surface area contributed by atoms with Gasteiger partial charge in [-0.3, -0.25) is 9.59 Å². The lowest BCUT2D eigenvalue weighted by Crippen LogP contribution is -2.45. The van der Waals surface area contributed by atoms with Crippen molar-refractivity contribution in [2.45, 2.75) is 26.0 Å². The largest absolute Gasteiger partial charge is 0.436 e. The number of likely N-dealkylation sites (N-methyl/N-ethyl adjacent to an activating group) is 1. The summed E-state index contributed by atoms with van der Waals surface area (Å²) >= 11 is 0. The Bertz CT molecular complexity index is 986. The van der Waals surface area contributed by atoms with E-state index in [4.69, 9.17) is 4.74 Å². The van der Waals surface area contributed by atoms with Crippen LogP contribution in [-0.4, -0.2) is 37.6 Å². The molecule has 3 amide bonds. The Morgan fingerprint density at radius 1 is 1.13 bits per heavy atom. The van der Waals surface area contributed by atoms with Gasteiger partial charge in [-0.15, -0.1) is 0 Å². The maximum absolute atomic E-state index is 13.2. The minimum absolute atomic E-state index is 0.273. The number of anilines is 1. The number of carbonyl (C=O) groups excluding carboxylic acids is 3. The molecule has 0 aromatic heterocycles. The first kappa shape index (κ1) is 21.1. The number of nitrogens with zero attached hydrogens (tertiary/aromatic N) is 1. The predicted molar refractivity (Wildman–Crippen MR) is 115 cm³/mol. The lowest BCUT2D eigenvalue weighted by Gasteiger charge is -2.24. The number of benzene rings is 2. The first-order valence-corrected chi connectivity index (χ1v) is 9.76. The van der Waals surface area contributed by atoms with Gasteiger partial charge >= 0.3 is 6.09 Å². The highest BCUT2D eigenvalue weighted by Crippen LogP contribution is 2.39. The van der Waals surface area contributed by atoms with Gasteiger partial charge in [0.15, 0.2) is 6.10 Å². The Morgan fingerprint density at radius 2 is 1.80 bits per heavy atom. The van der Waals surface area contributed by atoms with Crippen LogP contribution in [0.1, 0.15) is 25.5 Å². The minimum atomic E-state index is -1.06. The quantitative estimate of drug-likeness (QED) is 0.746. The molecule has 0 spiro atoms. The van der Waals surface area contributed by atoms with E-state index in [0.717, 1.165) is 16.8 Å². The number of allylic oxidation sites excluding steroid dienone is 1. The highest BCUT2D eigenvalue weighted by Gasteiger charge is 2.34. The van der Waals surface area contributed by atoms with Gasteiger partial charge in [0.2, 0.25) is 0 Å². The van der Waals surface area contributed by atoms with Crippen molar-refractivity contribution < 1.29 is 19.1 Å². The van der Waals surface area contributed by atoms with E-state index in [2.05, 4.69) is 10.6 Å². The van der Waals surface area contributed by atoms with Gasteiger partial charge in [-0.25, -0.2) is 4.79 Å². The summed E-state index contributed by atoms with van der Waals surface area (Å²) < 4.78 is 5.12. The molecule has 7 nitrogen and oxygen atoms in total. The molecule has 156 valence electrons. The second-order valence-electron chi connectivity index (χ2n) is 6.94. The lowest BCUT2D eigenvalue weighted by atomic mass is 9.95. The first-order valence-electron chi connectivity index (χ1n) is 9.76. The summed E-state index contributed by atoms with van der Waals surface area (Å²) in [4.78, 5) is 39.3. The molecule has 0 saturated carbocycles. The number of para-hydroxylation sites is 1. The van der Waals surface area contributed by atoms with Crippen LogP contribution in [0, 0.1) is 0 Å². The number of hydrogen-bond acceptors (Lipinski definition) is 4. The van der Waals surface area contributed by atoms with Gasteiger partial charge in [-0.1, -0.05) is 54.6 Å². The summed E-state index contributed by atoms with van der Waals surface area (Å²) in [5.41, 5.74) is 3.24. The lowest BCUT2D eigenvalue weighted by molar-refractivity contribution is -0.132. The summed E-state index contributed by atoms with van der Waals surface area (Å²) in [6, 6.07) is 14.2. The van der Waals surface area contributed by atoms with Gasteiger partial charge in [0.25, 0.3) is 11.8 Å². The minimum Gasteiger partial charge on any atom is -0.436 e. The summed E-state index contributed by atoms with van der Waals surface area (Å²) in [5.74, 6) is -0.825. The maximum atomic E-state index is 13.2. The van der Waals surface area contributed by atoms with Crippen LogP contribution in [0.15, 0.2) is 60.7 Å². The second-order valence-corrected chi connectivity index (χ2v) is 6.94. The molecule has 0 fully saturated rings. The van der Waals surface area contributed by atoms with Crippen molar-refractivity contribution in [2.75, 3.05) is 18.5 Å². The second kappa shape index (κ2) is 9.26. The molecule has 0 bridgehead atoms. The summed E-state index contributed by atoms with van der Waals surface area (Å²) in [6.45, 7) is 3.61. The Kier molecular flexibility index (Phi) is 6.51. The molecule has 2 N–H and O–H groups in total. The molecular weight excluding hydrogens is 382 g/mol. The van der Waals surface area contributed by atoms with E-state index < -0.39 is 24.1 Å². The van der Waals surface area contributed by atoms with Gasteiger partial charge in [-0.2, -0.15) is 0 Å². The monoisotopic (exact) mass is 407 g/mol. The van der Waals surface area contributed by atoms with E-state index in [-0.39, 0.29) is 5.91 Å². The summed E-state index contributed by atoms with van der Waals surface area (Å²) in [6.07, 6.45) is 1.78. The zero-order valence-electron chi connectivity index (χ0n) is 17.2. The molecule has 3 rings (SSSR count). The van der Waals surface area contributed by atoms with Gasteiger partial charge in [0, 0.05) is 19.2 Å². The predicted octanol–water partition coefficient (Wildman–Crippen LogP) is 3.18. The van der Waals surface area contributed by atoms with E-state index in [1.54, 1.807) is 19.2 Å². The molecular formula is C23H25N3O4. The van der Waals surface area contributed by atoms with E-state index in [1.165, 1.54) is 11.8 Å². The van der Waals surface area contributed by atoms with Crippen LogP contribution in [0.3, 0.4) is 0 Å². The fourth-order valence-corrected chi connectivity index (χ4v) is 3.35. The molecule has 30 heavy (non-hydrogen) atoms. The Morgan fingerprint density at radius 3 is 2.53 bits per heavy atom. The zero-order valence-corrected chi connectivity index (χ0v) is 17.2. The topological polar surface area (TPSA) is 87.7 Å². The molecule has 0 aliphatic carbocycles. The molecule has 0 unspecified atom stereocenters. The standard InChI is InChI=1S/C23H25N3O4/c1-4-5-14-24-23(29)30-15(2)21(27)25-20-18-12-7-6-10-16(18)17-11-8-9-13-19(17)26(3)22(20)28/h4-13,15,20H,14H2,1-3H3,(H,24,29)(H,25,27)/b5-4+/t15-,20-/m0/s1. The van der Waals surface area contributed by atoms with Crippen LogP contribution in [0.2, 0.25) is 0 Å². The van der Waals surface area contributed by atoms with Crippen molar-refractivity contribution in [1.29, 1.82) is 0 Å². The van der Waals surface area contributed by atoms with E-state index in [9.17, 15) is 14.4 Å². The number of hydrogen-bond donors (Lipinski definition) is 2. The average Bonchev–Trinajstić information content (AvgIpc) is 2.84. The van der Waals surface area contributed by atoms with Crippen LogP contribution in [0.4, 0.5) is 10.5 Å². The van der Waals surface area contributed by atoms with Crippen molar-refractivity contribution in [1.82, 2.24) is 10.6 Å². The maximum Gasteiger partial charge on any atom is 0.408 e. The highest BCUT2D eigenvalue weighted by molar-refractivity contribution is 6.06. The number of ether oxygens (including phenoxy) is 1. The van der Waals surface area contributed by atoms with Crippen LogP contribution in [0.25, 0.3) is 11.1 Å². The third-order valence-corrected chi connectivity index (χ3v) is 4.94. The highest BCUT2D eigenvalue weighted by atomic mass is 16.6. The first-order chi connectivity index (χ1) is 14.4. The summed E-state index contributed by atoms with van der Waals surface area (Å²) in [7, 11) is 1.68. The van der Waals surface area contributed by atoms with Crippen LogP contribution >= 0.6 is 0 Å². The molecule has 2 aromatic carbocycles.